The van der Waals surface area contributed by atoms with Crippen LogP contribution < -0.4 is 0 Å². The van der Waals surface area contributed by atoms with Crippen molar-refractivity contribution in [3.8, 4) is 0 Å². The Kier molecular flexibility index (Phi) is 4.11. The third-order valence-electron chi connectivity index (χ3n) is 1.53. The number of rotatable bonds is 4. The minimum atomic E-state index is 0.433. The molecule has 0 radical (unpaired) electrons. The van der Waals surface area contributed by atoms with E-state index in [0.29, 0.717) is 5.70 Å². The largest absolute Gasteiger partial charge is 0.145 e. The van der Waals surface area contributed by atoms with E-state index in [1.54, 1.807) is 13.0 Å². The summed E-state index contributed by atoms with van der Waals surface area (Å²) in [5.74, 6) is 0. The molecule has 0 saturated carbocycles. The van der Waals surface area contributed by atoms with E-state index < -0.39 is 0 Å². The summed E-state index contributed by atoms with van der Waals surface area (Å²) in [6, 6.07) is 0. The Balaban J connectivity index is 4.78. The average Bonchev–Trinajstić information content (AvgIpc) is 2.05. The number of nitroso groups, excluding NO2 is 1. The smallest absolute Gasteiger partial charge is 0.113 e. The molecule has 0 spiro atoms. The standard InChI is InChI=1S/C9H13NO/c1-5-7(3)9(10-11)8(4)6-2/h5H,1,4,6H2,2-3H3/b9-7+. The summed E-state index contributed by atoms with van der Waals surface area (Å²) < 4.78 is 0. The third-order valence-corrected chi connectivity index (χ3v) is 1.53. The van der Waals surface area contributed by atoms with Crippen molar-refractivity contribution in [2.75, 3.05) is 0 Å². The van der Waals surface area contributed by atoms with Gasteiger partial charge in [0.25, 0.3) is 0 Å². The van der Waals surface area contributed by atoms with E-state index in [9.17, 15) is 4.91 Å². The topological polar surface area (TPSA) is 29.4 Å². The fourth-order valence-electron chi connectivity index (χ4n) is 0.680. The maximum atomic E-state index is 10.3. The van der Waals surface area contributed by atoms with Crippen molar-refractivity contribution in [1.29, 1.82) is 0 Å². The molecule has 0 bridgehead atoms. The van der Waals surface area contributed by atoms with E-state index in [4.69, 9.17) is 0 Å². The molecule has 0 aromatic carbocycles. The Bertz CT molecular complexity index is 214. The number of nitrogens with zero attached hydrogens (tertiary/aromatic N) is 1. The average molecular weight is 151 g/mol. The van der Waals surface area contributed by atoms with Crippen molar-refractivity contribution in [2.24, 2.45) is 5.18 Å². The van der Waals surface area contributed by atoms with Crippen LogP contribution in [-0.4, -0.2) is 0 Å². The molecule has 0 heterocycles. The van der Waals surface area contributed by atoms with E-state index in [1.807, 2.05) is 6.92 Å². The minimum absolute atomic E-state index is 0.433. The number of hydrogen-bond donors (Lipinski definition) is 0. The second-order valence-electron chi connectivity index (χ2n) is 2.28. The first kappa shape index (κ1) is 9.82. The van der Waals surface area contributed by atoms with Crippen molar-refractivity contribution < 1.29 is 0 Å². The van der Waals surface area contributed by atoms with Crippen molar-refractivity contribution in [1.82, 2.24) is 0 Å². The Hall–Kier alpha value is -1.18. The lowest BCUT2D eigenvalue weighted by atomic mass is 10.1. The molecule has 0 fully saturated rings. The summed E-state index contributed by atoms with van der Waals surface area (Å²) in [7, 11) is 0. The summed E-state index contributed by atoms with van der Waals surface area (Å²) in [6.07, 6.45) is 2.35. The molecule has 2 nitrogen and oxygen atoms in total. The van der Waals surface area contributed by atoms with Gasteiger partial charge in [0.05, 0.1) is 0 Å². The van der Waals surface area contributed by atoms with Gasteiger partial charge in [0, 0.05) is 0 Å². The first-order chi connectivity index (χ1) is 5.17. The SMILES string of the molecule is C=C/C(C)=C(/N=O)C(=C)CC. The molecule has 0 N–H and O–H groups in total. The van der Waals surface area contributed by atoms with Crippen LogP contribution in [0.25, 0.3) is 0 Å². The molecule has 0 rings (SSSR count). The first-order valence-electron chi connectivity index (χ1n) is 3.52. The van der Waals surface area contributed by atoms with Crippen LogP contribution in [0.2, 0.25) is 0 Å². The maximum Gasteiger partial charge on any atom is 0.113 e. The van der Waals surface area contributed by atoms with Gasteiger partial charge in [-0.25, -0.2) is 0 Å². The van der Waals surface area contributed by atoms with Gasteiger partial charge in [0.2, 0.25) is 0 Å². The van der Waals surface area contributed by atoms with E-state index >= 15 is 0 Å². The summed E-state index contributed by atoms with van der Waals surface area (Å²) in [6.45, 7) is 11.0. The second-order valence-corrected chi connectivity index (χ2v) is 2.28. The second kappa shape index (κ2) is 4.61. The van der Waals surface area contributed by atoms with Crippen LogP contribution in [0, 0.1) is 4.91 Å². The van der Waals surface area contributed by atoms with Gasteiger partial charge in [0.1, 0.15) is 5.70 Å². The Labute approximate surface area is 67.3 Å². The fourth-order valence-corrected chi connectivity index (χ4v) is 0.680. The molecule has 60 valence electrons. The van der Waals surface area contributed by atoms with Gasteiger partial charge in [0.15, 0.2) is 0 Å². The van der Waals surface area contributed by atoms with Crippen LogP contribution >= 0.6 is 0 Å². The van der Waals surface area contributed by atoms with E-state index in [1.165, 1.54) is 0 Å². The van der Waals surface area contributed by atoms with Gasteiger partial charge in [-0.1, -0.05) is 26.2 Å². The zero-order valence-corrected chi connectivity index (χ0v) is 7.05. The van der Waals surface area contributed by atoms with Gasteiger partial charge in [-0.15, -0.1) is 4.91 Å². The molecule has 0 aromatic heterocycles. The fraction of sp³-hybridized carbons (Fsp3) is 0.333. The van der Waals surface area contributed by atoms with E-state index in [-0.39, 0.29) is 0 Å². The van der Waals surface area contributed by atoms with E-state index in [0.717, 1.165) is 17.6 Å². The molecule has 11 heavy (non-hydrogen) atoms. The maximum absolute atomic E-state index is 10.3. The minimum Gasteiger partial charge on any atom is -0.145 e. The monoisotopic (exact) mass is 151 g/mol. The van der Waals surface area contributed by atoms with Crippen molar-refractivity contribution in [3.05, 3.63) is 41.0 Å². The van der Waals surface area contributed by atoms with Crippen LogP contribution in [0.3, 0.4) is 0 Å². The first-order valence-corrected chi connectivity index (χ1v) is 3.52. The quantitative estimate of drug-likeness (QED) is 0.448. The molecule has 0 atom stereocenters. The highest BCUT2D eigenvalue weighted by atomic mass is 16.3. The van der Waals surface area contributed by atoms with Gasteiger partial charge in [-0.2, -0.15) is 0 Å². The Morgan fingerprint density at radius 3 is 2.45 bits per heavy atom. The van der Waals surface area contributed by atoms with Crippen LogP contribution in [-0.2, 0) is 0 Å². The van der Waals surface area contributed by atoms with Crippen molar-refractivity contribution in [2.45, 2.75) is 20.3 Å². The van der Waals surface area contributed by atoms with Gasteiger partial charge < -0.3 is 0 Å². The molecule has 0 aliphatic carbocycles. The lowest BCUT2D eigenvalue weighted by Gasteiger charge is -2.01. The normalized spacial score (nSPS) is 11.8. The molecule has 0 unspecified atom stereocenters. The molecule has 0 saturated heterocycles. The van der Waals surface area contributed by atoms with Crippen LogP contribution in [0.15, 0.2) is 41.3 Å². The van der Waals surface area contributed by atoms with Crippen LogP contribution in [0.5, 0.6) is 0 Å². The summed E-state index contributed by atoms with van der Waals surface area (Å²) in [4.78, 5) is 10.3. The molecule has 0 aliphatic heterocycles. The van der Waals surface area contributed by atoms with E-state index in [2.05, 4.69) is 18.3 Å². The molecule has 0 aliphatic rings. The number of hydrogen-bond acceptors (Lipinski definition) is 2. The van der Waals surface area contributed by atoms with Crippen molar-refractivity contribution >= 4 is 0 Å². The van der Waals surface area contributed by atoms with Crippen molar-refractivity contribution in [3.63, 3.8) is 0 Å². The van der Waals surface area contributed by atoms with Crippen LogP contribution in [0.1, 0.15) is 20.3 Å². The molecule has 2 heteroatoms. The zero-order chi connectivity index (χ0) is 8.85. The summed E-state index contributed by atoms with van der Waals surface area (Å²) >= 11 is 0. The Morgan fingerprint density at radius 2 is 2.18 bits per heavy atom. The highest BCUT2D eigenvalue weighted by Gasteiger charge is 2.02. The molecule has 0 aromatic rings. The highest BCUT2D eigenvalue weighted by Crippen LogP contribution is 2.17. The third kappa shape index (κ3) is 2.50. The Morgan fingerprint density at radius 1 is 1.64 bits per heavy atom. The predicted octanol–water partition coefficient (Wildman–Crippen LogP) is 3.18. The molecular weight excluding hydrogens is 138 g/mol. The lowest BCUT2D eigenvalue weighted by Crippen LogP contribution is -1.85. The summed E-state index contributed by atoms with van der Waals surface area (Å²) in [5, 5.41) is 2.89. The van der Waals surface area contributed by atoms with Gasteiger partial charge in [-0.3, -0.25) is 0 Å². The summed E-state index contributed by atoms with van der Waals surface area (Å²) in [5.41, 5.74) is 1.98. The van der Waals surface area contributed by atoms with Gasteiger partial charge in [-0.05, 0) is 29.7 Å². The number of allylic oxidation sites excluding steroid dienone is 3. The zero-order valence-electron chi connectivity index (χ0n) is 7.05. The van der Waals surface area contributed by atoms with Gasteiger partial charge >= 0.3 is 0 Å². The molecular formula is C9H13NO. The highest BCUT2D eigenvalue weighted by molar-refractivity contribution is 5.35. The van der Waals surface area contributed by atoms with Crippen LogP contribution in [0.4, 0.5) is 0 Å². The lowest BCUT2D eigenvalue weighted by molar-refractivity contribution is 1.08. The predicted molar refractivity (Wildman–Crippen MR) is 48.1 cm³/mol. The molecule has 0 amide bonds.